The van der Waals surface area contributed by atoms with Crippen molar-refractivity contribution in [3.05, 3.63) is 0 Å². The summed E-state index contributed by atoms with van der Waals surface area (Å²) in [6.45, 7) is 1.90. The molecule has 0 aromatic rings. The summed E-state index contributed by atoms with van der Waals surface area (Å²) in [5.41, 5.74) is 4.61. The topological polar surface area (TPSA) is 92.4 Å². The van der Waals surface area contributed by atoms with Crippen LogP contribution in [0.15, 0.2) is 0 Å². The molecule has 1 rings (SSSR count). The maximum Gasteiger partial charge on any atom is 0.329 e. The van der Waals surface area contributed by atoms with Gasteiger partial charge in [-0.1, -0.05) is 6.92 Å². The van der Waals surface area contributed by atoms with E-state index in [0.717, 1.165) is 6.42 Å². The van der Waals surface area contributed by atoms with Crippen LogP contribution in [-0.4, -0.2) is 28.6 Å². The van der Waals surface area contributed by atoms with Gasteiger partial charge in [0.05, 0.1) is 0 Å². The van der Waals surface area contributed by atoms with Crippen LogP contribution in [-0.2, 0) is 9.59 Å². The second-order valence-corrected chi connectivity index (χ2v) is 4.16. The quantitative estimate of drug-likeness (QED) is 0.611. The van der Waals surface area contributed by atoms with Crippen molar-refractivity contribution >= 4 is 11.9 Å². The van der Waals surface area contributed by atoms with Crippen LogP contribution in [0.5, 0.6) is 0 Å². The Labute approximate surface area is 89.0 Å². The van der Waals surface area contributed by atoms with Gasteiger partial charge in [0.15, 0.2) is 0 Å². The van der Waals surface area contributed by atoms with Gasteiger partial charge in [-0.2, -0.15) is 0 Å². The van der Waals surface area contributed by atoms with Gasteiger partial charge in [-0.05, 0) is 25.7 Å². The Hall–Kier alpha value is -1.10. The van der Waals surface area contributed by atoms with Crippen molar-refractivity contribution in [3.8, 4) is 0 Å². The molecule has 0 aromatic carbocycles. The second kappa shape index (κ2) is 4.61. The third-order valence-corrected chi connectivity index (χ3v) is 2.97. The van der Waals surface area contributed by atoms with E-state index in [-0.39, 0.29) is 18.4 Å². The summed E-state index contributed by atoms with van der Waals surface area (Å²) in [6.07, 6.45) is 2.82. The lowest BCUT2D eigenvalue weighted by atomic mass is 9.76. The van der Waals surface area contributed by atoms with Gasteiger partial charge in [-0.3, -0.25) is 4.79 Å². The lowest BCUT2D eigenvalue weighted by molar-refractivity contribution is -0.151. The van der Waals surface area contributed by atoms with Crippen LogP contribution in [0.3, 0.4) is 0 Å². The van der Waals surface area contributed by atoms with E-state index in [2.05, 4.69) is 5.32 Å². The van der Waals surface area contributed by atoms with Gasteiger partial charge in [0.25, 0.3) is 0 Å². The van der Waals surface area contributed by atoms with Gasteiger partial charge in [-0.15, -0.1) is 0 Å². The molecule has 1 atom stereocenters. The van der Waals surface area contributed by atoms with Gasteiger partial charge in [0.2, 0.25) is 5.91 Å². The van der Waals surface area contributed by atoms with Crippen molar-refractivity contribution in [1.82, 2.24) is 5.32 Å². The van der Waals surface area contributed by atoms with Crippen molar-refractivity contribution in [1.29, 1.82) is 0 Å². The molecule has 0 heterocycles. The number of carbonyl (C=O) groups excluding carboxylic acids is 1. The zero-order chi connectivity index (χ0) is 11.5. The van der Waals surface area contributed by atoms with E-state index >= 15 is 0 Å². The predicted octanol–water partition coefficient (Wildman–Crippen LogP) is 0.237. The molecule has 1 saturated carbocycles. The number of carbonyl (C=O) groups is 2. The first-order valence-corrected chi connectivity index (χ1v) is 5.30. The van der Waals surface area contributed by atoms with Gasteiger partial charge in [0.1, 0.15) is 5.54 Å². The van der Waals surface area contributed by atoms with Crippen LogP contribution in [0, 0.1) is 0 Å². The fraction of sp³-hybridized carbons (Fsp3) is 0.800. The Balaban J connectivity index is 2.46. The lowest BCUT2D eigenvalue weighted by Gasteiger charge is -2.38. The summed E-state index contributed by atoms with van der Waals surface area (Å²) in [4.78, 5) is 22.4. The number of hydrogen-bond donors (Lipinski definition) is 3. The fourth-order valence-corrected chi connectivity index (χ4v) is 1.62. The summed E-state index contributed by atoms with van der Waals surface area (Å²) in [5, 5.41) is 11.6. The van der Waals surface area contributed by atoms with E-state index in [9.17, 15) is 9.59 Å². The summed E-state index contributed by atoms with van der Waals surface area (Å²) in [6, 6.07) is -0.184. The normalized spacial score (nSPS) is 20.1. The molecule has 0 radical (unpaired) electrons. The number of nitrogens with one attached hydrogen (secondary N) is 1. The molecule has 5 nitrogen and oxygen atoms in total. The Morgan fingerprint density at radius 1 is 1.53 bits per heavy atom. The maximum absolute atomic E-state index is 11.5. The highest BCUT2D eigenvalue weighted by molar-refractivity contribution is 5.88. The van der Waals surface area contributed by atoms with E-state index in [1.54, 1.807) is 0 Å². The van der Waals surface area contributed by atoms with Crippen molar-refractivity contribution in [2.75, 3.05) is 0 Å². The standard InChI is InChI=1S/C10H18N2O3/c1-2-7(11)6-8(13)12-10(9(14)15)4-3-5-10/h7H,2-6,11H2,1H3,(H,12,13)(H,14,15). The first-order valence-electron chi connectivity index (χ1n) is 5.30. The molecule has 1 aliphatic rings. The van der Waals surface area contributed by atoms with E-state index in [0.29, 0.717) is 19.3 Å². The van der Waals surface area contributed by atoms with E-state index in [1.807, 2.05) is 6.92 Å². The predicted molar refractivity (Wildman–Crippen MR) is 55.2 cm³/mol. The number of carboxylic acid groups (broad SMARTS) is 1. The molecule has 0 spiro atoms. The van der Waals surface area contributed by atoms with Gasteiger partial charge < -0.3 is 16.2 Å². The Morgan fingerprint density at radius 3 is 2.47 bits per heavy atom. The summed E-state index contributed by atoms with van der Waals surface area (Å²) < 4.78 is 0. The molecule has 0 aliphatic heterocycles. The van der Waals surface area contributed by atoms with Crippen LogP contribution in [0.2, 0.25) is 0 Å². The van der Waals surface area contributed by atoms with Gasteiger partial charge in [0, 0.05) is 12.5 Å². The molecule has 1 amide bonds. The van der Waals surface area contributed by atoms with Crippen LogP contribution in [0.25, 0.3) is 0 Å². The molecule has 86 valence electrons. The first-order chi connectivity index (χ1) is 7.00. The molecule has 1 unspecified atom stereocenters. The molecule has 0 saturated heterocycles. The summed E-state index contributed by atoms with van der Waals surface area (Å²) >= 11 is 0. The lowest BCUT2D eigenvalue weighted by Crippen LogP contribution is -2.59. The average molecular weight is 214 g/mol. The highest BCUT2D eigenvalue weighted by Gasteiger charge is 2.45. The Kier molecular flexibility index (Phi) is 3.68. The molecule has 1 fully saturated rings. The largest absolute Gasteiger partial charge is 0.480 e. The van der Waals surface area contributed by atoms with Crippen molar-refractivity contribution in [2.24, 2.45) is 5.73 Å². The van der Waals surface area contributed by atoms with E-state index in [1.165, 1.54) is 0 Å². The highest BCUT2D eigenvalue weighted by atomic mass is 16.4. The molecule has 0 aromatic heterocycles. The summed E-state index contributed by atoms with van der Waals surface area (Å²) in [5.74, 6) is -1.20. The number of carboxylic acids is 1. The monoisotopic (exact) mass is 214 g/mol. The van der Waals surface area contributed by atoms with E-state index < -0.39 is 11.5 Å². The van der Waals surface area contributed by atoms with E-state index in [4.69, 9.17) is 10.8 Å². The highest BCUT2D eigenvalue weighted by Crippen LogP contribution is 2.32. The van der Waals surface area contributed by atoms with Crippen LogP contribution < -0.4 is 11.1 Å². The van der Waals surface area contributed by atoms with Crippen LogP contribution in [0.4, 0.5) is 0 Å². The summed E-state index contributed by atoms with van der Waals surface area (Å²) in [7, 11) is 0. The number of hydrogen-bond acceptors (Lipinski definition) is 3. The first kappa shape index (κ1) is 12.0. The molecule has 5 heteroatoms. The molecule has 15 heavy (non-hydrogen) atoms. The number of amides is 1. The molecular formula is C10H18N2O3. The van der Waals surface area contributed by atoms with Crippen molar-refractivity contribution in [2.45, 2.75) is 50.6 Å². The fourth-order valence-electron chi connectivity index (χ4n) is 1.62. The van der Waals surface area contributed by atoms with Crippen LogP contribution in [0.1, 0.15) is 39.0 Å². The molecule has 4 N–H and O–H groups in total. The number of aliphatic carboxylic acids is 1. The number of nitrogens with two attached hydrogens (primary N) is 1. The third kappa shape index (κ3) is 2.68. The SMILES string of the molecule is CCC(N)CC(=O)NC1(C(=O)O)CCC1. The number of rotatable bonds is 5. The Morgan fingerprint density at radius 2 is 2.13 bits per heavy atom. The minimum Gasteiger partial charge on any atom is -0.480 e. The smallest absolute Gasteiger partial charge is 0.329 e. The zero-order valence-electron chi connectivity index (χ0n) is 8.95. The Bertz CT molecular complexity index is 261. The second-order valence-electron chi connectivity index (χ2n) is 4.16. The molecule has 1 aliphatic carbocycles. The third-order valence-electron chi connectivity index (χ3n) is 2.97. The van der Waals surface area contributed by atoms with Gasteiger partial charge in [-0.25, -0.2) is 4.79 Å². The maximum atomic E-state index is 11.5. The minimum atomic E-state index is -1.01. The van der Waals surface area contributed by atoms with Crippen molar-refractivity contribution in [3.63, 3.8) is 0 Å². The van der Waals surface area contributed by atoms with Crippen LogP contribution >= 0.6 is 0 Å². The average Bonchev–Trinajstić information content (AvgIpc) is 2.10. The zero-order valence-corrected chi connectivity index (χ0v) is 8.95. The molecular weight excluding hydrogens is 196 g/mol. The van der Waals surface area contributed by atoms with Gasteiger partial charge >= 0.3 is 5.97 Å². The molecule has 0 bridgehead atoms. The van der Waals surface area contributed by atoms with Crippen molar-refractivity contribution < 1.29 is 14.7 Å². The minimum absolute atomic E-state index is 0.184.